The molecule has 0 spiro atoms. The lowest BCUT2D eigenvalue weighted by Crippen LogP contribution is -1.91. The molecule has 0 amide bonds. The minimum atomic E-state index is -0.403. The molecule has 2 aromatic rings. The third-order valence-corrected chi connectivity index (χ3v) is 3.68. The first-order valence-corrected chi connectivity index (χ1v) is 6.56. The zero-order valence-electron chi connectivity index (χ0n) is 9.98. The zero-order chi connectivity index (χ0) is 13.0. The Kier molecular flexibility index (Phi) is 4.01. The van der Waals surface area contributed by atoms with Gasteiger partial charge in [0.05, 0.1) is 5.56 Å². The molecule has 0 saturated carbocycles. The van der Waals surface area contributed by atoms with E-state index in [1.54, 1.807) is 23.9 Å². The van der Waals surface area contributed by atoms with E-state index in [9.17, 15) is 4.39 Å². The van der Waals surface area contributed by atoms with Crippen LogP contribution in [-0.2, 0) is 5.75 Å². The molecule has 2 aromatic carbocycles. The Balaban J connectivity index is 2.11. The number of benzene rings is 2. The van der Waals surface area contributed by atoms with Crippen LogP contribution < -0.4 is 0 Å². The molecule has 0 saturated heterocycles. The standard InChI is InChI=1S/C15H12FNS/c1-11-5-7-14(8-6-11)18-10-13-4-2-3-12(9-17)15(13)16/h2-8H,10H2,1H3. The second-order valence-electron chi connectivity index (χ2n) is 3.99. The van der Waals surface area contributed by atoms with E-state index in [2.05, 4.69) is 0 Å². The van der Waals surface area contributed by atoms with Crippen LogP contribution in [-0.4, -0.2) is 0 Å². The topological polar surface area (TPSA) is 23.8 Å². The van der Waals surface area contributed by atoms with Crippen LogP contribution in [0.4, 0.5) is 4.39 Å². The fourth-order valence-corrected chi connectivity index (χ4v) is 2.45. The predicted octanol–water partition coefficient (Wildman–Crippen LogP) is 4.30. The fourth-order valence-electron chi connectivity index (χ4n) is 1.57. The van der Waals surface area contributed by atoms with Gasteiger partial charge in [0.2, 0.25) is 0 Å². The minimum Gasteiger partial charge on any atom is -0.205 e. The Morgan fingerprint density at radius 3 is 2.56 bits per heavy atom. The fraction of sp³-hybridized carbons (Fsp3) is 0.133. The molecule has 0 aliphatic rings. The average molecular weight is 257 g/mol. The second-order valence-corrected chi connectivity index (χ2v) is 5.04. The van der Waals surface area contributed by atoms with Gasteiger partial charge < -0.3 is 0 Å². The molecular weight excluding hydrogens is 245 g/mol. The first kappa shape index (κ1) is 12.7. The number of hydrogen-bond acceptors (Lipinski definition) is 2. The van der Waals surface area contributed by atoms with Crippen LogP contribution in [0, 0.1) is 24.1 Å². The van der Waals surface area contributed by atoms with E-state index < -0.39 is 5.82 Å². The summed E-state index contributed by atoms with van der Waals surface area (Å²) >= 11 is 1.57. The molecule has 0 aliphatic carbocycles. The number of rotatable bonds is 3. The monoisotopic (exact) mass is 257 g/mol. The Morgan fingerprint density at radius 1 is 1.17 bits per heavy atom. The largest absolute Gasteiger partial charge is 0.205 e. The van der Waals surface area contributed by atoms with Crippen molar-refractivity contribution < 1.29 is 4.39 Å². The highest BCUT2D eigenvalue weighted by molar-refractivity contribution is 7.98. The van der Waals surface area contributed by atoms with E-state index in [-0.39, 0.29) is 5.56 Å². The highest BCUT2D eigenvalue weighted by Gasteiger charge is 2.07. The summed E-state index contributed by atoms with van der Waals surface area (Å²) in [6.45, 7) is 2.03. The number of nitriles is 1. The molecule has 3 heteroatoms. The third-order valence-electron chi connectivity index (χ3n) is 2.61. The SMILES string of the molecule is Cc1ccc(SCc2cccc(C#N)c2F)cc1. The lowest BCUT2D eigenvalue weighted by molar-refractivity contribution is 0.613. The van der Waals surface area contributed by atoms with E-state index >= 15 is 0 Å². The normalized spacial score (nSPS) is 10.1. The molecule has 0 unspecified atom stereocenters. The van der Waals surface area contributed by atoms with Crippen LogP contribution in [0.15, 0.2) is 47.4 Å². The van der Waals surface area contributed by atoms with Gasteiger partial charge in [-0.05, 0) is 30.7 Å². The summed E-state index contributed by atoms with van der Waals surface area (Å²) in [5.41, 5.74) is 1.88. The molecule has 0 radical (unpaired) electrons. The highest BCUT2D eigenvalue weighted by Crippen LogP contribution is 2.25. The van der Waals surface area contributed by atoms with E-state index in [0.29, 0.717) is 11.3 Å². The molecule has 1 nitrogen and oxygen atoms in total. The summed E-state index contributed by atoms with van der Waals surface area (Å²) in [5.74, 6) is 0.129. The number of thioether (sulfide) groups is 1. The molecule has 0 heterocycles. The van der Waals surface area contributed by atoms with Gasteiger partial charge in [0.15, 0.2) is 0 Å². The van der Waals surface area contributed by atoms with Crippen molar-refractivity contribution in [3.63, 3.8) is 0 Å². The highest BCUT2D eigenvalue weighted by atomic mass is 32.2. The van der Waals surface area contributed by atoms with Crippen LogP contribution in [0.2, 0.25) is 0 Å². The van der Waals surface area contributed by atoms with Gasteiger partial charge in [-0.25, -0.2) is 4.39 Å². The van der Waals surface area contributed by atoms with Crippen molar-refractivity contribution in [1.29, 1.82) is 5.26 Å². The van der Waals surface area contributed by atoms with Gasteiger partial charge in [0, 0.05) is 10.6 Å². The molecule has 0 fully saturated rings. The predicted molar refractivity (Wildman–Crippen MR) is 71.9 cm³/mol. The van der Waals surface area contributed by atoms with E-state index in [1.165, 1.54) is 11.6 Å². The summed E-state index contributed by atoms with van der Waals surface area (Å²) in [7, 11) is 0. The van der Waals surface area contributed by atoms with Crippen molar-refractivity contribution in [2.24, 2.45) is 0 Å². The van der Waals surface area contributed by atoms with Gasteiger partial charge in [-0.1, -0.05) is 29.8 Å². The van der Waals surface area contributed by atoms with Gasteiger partial charge >= 0.3 is 0 Å². The Morgan fingerprint density at radius 2 is 1.89 bits per heavy atom. The summed E-state index contributed by atoms with van der Waals surface area (Å²) in [5, 5.41) is 8.76. The number of aryl methyl sites for hydroxylation is 1. The van der Waals surface area contributed by atoms with Crippen LogP contribution in [0.1, 0.15) is 16.7 Å². The summed E-state index contributed by atoms with van der Waals surface area (Å²) in [6.07, 6.45) is 0. The molecule has 0 aliphatic heterocycles. The van der Waals surface area contributed by atoms with Gasteiger partial charge in [-0.2, -0.15) is 5.26 Å². The lowest BCUT2D eigenvalue weighted by Gasteiger charge is -2.04. The molecule has 18 heavy (non-hydrogen) atoms. The average Bonchev–Trinajstić information content (AvgIpc) is 2.39. The van der Waals surface area contributed by atoms with Crippen molar-refractivity contribution in [2.75, 3.05) is 0 Å². The second kappa shape index (κ2) is 5.70. The Hall–Kier alpha value is -1.79. The number of halogens is 1. The molecule has 0 aromatic heterocycles. The molecule has 0 bridgehead atoms. The van der Waals surface area contributed by atoms with E-state index in [1.807, 2.05) is 37.3 Å². The summed E-state index contributed by atoms with van der Waals surface area (Å²) in [4.78, 5) is 1.10. The van der Waals surface area contributed by atoms with Gasteiger partial charge in [0.25, 0.3) is 0 Å². The van der Waals surface area contributed by atoms with Crippen molar-refractivity contribution in [1.82, 2.24) is 0 Å². The van der Waals surface area contributed by atoms with Gasteiger partial charge in [-0.3, -0.25) is 0 Å². The van der Waals surface area contributed by atoms with Crippen LogP contribution in [0.5, 0.6) is 0 Å². The maximum atomic E-state index is 13.8. The molecule has 0 N–H and O–H groups in total. The van der Waals surface area contributed by atoms with Crippen LogP contribution in [0.25, 0.3) is 0 Å². The quantitative estimate of drug-likeness (QED) is 0.765. The maximum Gasteiger partial charge on any atom is 0.144 e. The van der Waals surface area contributed by atoms with Gasteiger partial charge in [0.1, 0.15) is 11.9 Å². The summed E-state index contributed by atoms with van der Waals surface area (Å²) in [6, 6.07) is 14.9. The first-order chi connectivity index (χ1) is 8.70. The first-order valence-electron chi connectivity index (χ1n) is 5.57. The smallest absolute Gasteiger partial charge is 0.144 e. The third kappa shape index (κ3) is 2.91. The van der Waals surface area contributed by atoms with E-state index in [0.717, 1.165) is 4.90 Å². The number of hydrogen-bond donors (Lipinski definition) is 0. The van der Waals surface area contributed by atoms with Crippen LogP contribution >= 0.6 is 11.8 Å². The Bertz CT molecular complexity index is 584. The van der Waals surface area contributed by atoms with Crippen LogP contribution in [0.3, 0.4) is 0 Å². The zero-order valence-corrected chi connectivity index (χ0v) is 10.8. The maximum absolute atomic E-state index is 13.8. The van der Waals surface area contributed by atoms with E-state index in [4.69, 9.17) is 5.26 Å². The van der Waals surface area contributed by atoms with Gasteiger partial charge in [-0.15, -0.1) is 11.8 Å². The van der Waals surface area contributed by atoms with Crippen molar-refractivity contribution >= 4 is 11.8 Å². The van der Waals surface area contributed by atoms with Crippen molar-refractivity contribution in [3.8, 4) is 6.07 Å². The van der Waals surface area contributed by atoms with Crippen molar-refractivity contribution in [3.05, 3.63) is 65.0 Å². The minimum absolute atomic E-state index is 0.108. The molecule has 2 rings (SSSR count). The Labute approximate surface area is 110 Å². The lowest BCUT2D eigenvalue weighted by atomic mass is 10.1. The molecule has 0 atom stereocenters. The molecular formula is C15H12FNS. The van der Waals surface area contributed by atoms with Crippen molar-refractivity contribution in [2.45, 2.75) is 17.6 Å². The number of nitrogens with zero attached hydrogens (tertiary/aromatic N) is 1. The molecule has 90 valence electrons. The summed E-state index contributed by atoms with van der Waals surface area (Å²) < 4.78 is 13.8.